The van der Waals surface area contributed by atoms with Gasteiger partial charge in [-0.25, -0.2) is 9.66 Å². The zero-order chi connectivity index (χ0) is 21.2. The molecule has 3 aromatic rings. The van der Waals surface area contributed by atoms with Crippen molar-refractivity contribution >= 4 is 46.7 Å². The van der Waals surface area contributed by atoms with Crippen molar-refractivity contribution in [1.82, 2.24) is 19.9 Å². The average molecular weight is 463 g/mol. The summed E-state index contributed by atoms with van der Waals surface area (Å²) in [6.07, 6.45) is -3.99. The summed E-state index contributed by atoms with van der Waals surface area (Å²) in [4.78, 5) is 15.6. The van der Waals surface area contributed by atoms with Crippen molar-refractivity contribution in [3.63, 3.8) is 0 Å². The highest BCUT2D eigenvalue weighted by molar-refractivity contribution is 7.99. The Bertz CT molecular complexity index is 1040. The Balaban J connectivity index is 1.64. The number of hydrogen-bond acceptors (Lipinski definition) is 6. The van der Waals surface area contributed by atoms with E-state index in [1.165, 1.54) is 4.68 Å². The number of carbonyl (C=O) groups is 1. The summed E-state index contributed by atoms with van der Waals surface area (Å²) in [5.41, 5.74) is -0.331. The molecule has 2 aromatic heterocycles. The molecule has 0 bridgehead atoms. The topological polar surface area (TPSA) is 98.7 Å². The zero-order valence-electron chi connectivity index (χ0n) is 14.2. The van der Waals surface area contributed by atoms with E-state index in [0.717, 1.165) is 11.8 Å². The fourth-order valence-corrected chi connectivity index (χ4v) is 3.15. The molecule has 0 aliphatic rings. The van der Waals surface area contributed by atoms with Crippen LogP contribution in [0.2, 0.25) is 10.0 Å². The van der Waals surface area contributed by atoms with E-state index in [9.17, 15) is 18.0 Å². The molecule has 0 aliphatic heterocycles. The van der Waals surface area contributed by atoms with Crippen LogP contribution in [0.25, 0.3) is 11.4 Å². The van der Waals surface area contributed by atoms with Crippen molar-refractivity contribution in [3.05, 3.63) is 52.1 Å². The van der Waals surface area contributed by atoms with Crippen LogP contribution in [0.15, 0.2) is 41.7 Å². The molecule has 7 nitrogen and oxygen atoms in total. The van der Waals surface area contributed by atoms with E-state index in [0.29, 0.717) is 28.7 Å². The van der Waals surface area contributed by atoms with Crippen molar-refractivity contribution in [3.8, 4) is 11.4 Å². The van der Waals surface area contributed by atoms with Crippen molar-refractivity contribution in [2.75, 3.05) is 16.9 Å². The van der Waals surface area contributed by atoms with Gasteiger partial charge in [0.1, 0.15) is 0 Å². The fraction of sp³-hybridized carbons (Fsp3) is 0.125. The molecule has 0 radical (unpaired) electrons. The van der Waals surface area contributed by atoms with Gasteiger partial charge in [-0.3, -0.25) is 4.79 Å². The molecule has 1 amide bonds. The molecule has 3 N–H and O–H groups in total. The lowest BCUT2D eigenvalue weighted by Crippen LogP contribution is -2.17. The first-order chi connectivity index (χ1) is 13.6. The van der Waals surface area contributed by atoms with E-state index in [-0.39, 0.29) is 21.7 Å². The Hall–Kier alpha value is -2.50. The molecule has 0 aliphatic carbocycles. The van der Waals surface area contributed by atoms with Gasteiger partial charge in [0, 0.05) is 16.8 Å². The lowest BCUT2D eigenvalue weighted by molar-refractivity contribution is -0.137. The van der Waals surface area contributed by atoms with Crippen LogP contribution in [0.4, 0.5) is 19.0 Å². The number of hydrogen-bond donors (Lipinski definition) is 2. The summed E-state index contributed by atoms with van der Waals surface area (Å²) in [5, 5.41) is 10.7. The molecule has 1 aromatic carbocycles. The zero-order valence-corrected chi connectivity index (χ0v) is 16.6. The lowest BCUT2D eigenvalue weighted by Gasteiger charge is -2.10. The monoisotopic (exact) mass is 462 g/mol. The van der Waals surface area contributed by atoms with Crippen molar-refractivity contribution in [2.45, 2.75) is 11.3 Å². The standard InChI is InChI=1S/C16H11Cl2F3N6OS/c17-10-3-1-8(2-4-10)14-25-26-15(27(14)22)29-7-12(28)24-13-11(18)5-9(6-23-13)16(19,20)21/h1-6H,7,22H2,(H,23,24,28). The van der Waals surface area contributed by atoms with Gasteiger partial charge in [0.15, 0.2) is 11.6 Å². The maximum atomic E-state index is 12.6. The third-order valence-corrected chi connectivity index (χ3v) is 5.01. The Morgan fingerprint density at radius 1 is 1.21 bits per heavy atom. The smallest absolute Gasteiger partial charge is 0.335 e. The largest absolute Gasteiger partial charge is 0.417 e. The molecule has 13 heteroatoms. The molecule has 0 spiro atoms. The van der Waals surface area contributed by atoms with Crippen molar-refractivity contribution < 1.29 is 18.0 Å². The number of benzene rings is 1. The van der Waals surface area contributed by atoms with Gasteiger partial charge >= 0.3 is 6.18 Å². The van der Waals surface area contributed by atoms with Gasteiger partial charge in [-0.2, -0.15) is 13.2 Å². The van der Waals surface area contributed by atoms with E-state index in [4.69, 9.17) is 29.0 Å². The summed E-state index contributed by atoms with van der Waals surface area (Å²) < 4.78 is 39.1. The van der Waals surface area contributed by atoms with E-state index in [2.05, 4.69) is 20.5 Å². The minimum absolute atomic E-state index is 0.144. The molecule has 0 fully saturated rings. The summed E-state index contributed by atoms with van der Waals surface area (Å²) in [6, 6.07) is 7.47. The van der Waals surface area contributed by atoms with Crippen molar-refractivity contribution in [1.29, 1.82) is 0 Å². The second-order valence-electron chi connectivity index (χ2n) is 5.57. The van der Waals surface area contributed by atoms with Gasteiger partial charge in [0.2, 0.25) is 11.1 Å². The molecule has 0 saturated carbocycles. The number of thioether (sulfide) groups is 1. The number of pyridine rings is 1. The van der Waals surface area contributed by atoms with Crippen LogP contribution >= 0.6 is 35.0 Å². The predicted octanol–water partition coefficient (Wildman–Crippen LogP) is 4.11. The number of nitrogen functional groups attached to an aromatic ring is 1. The fourth-order valence-electron chi connectivity index (χ4n) is 2.15. The minimum atomic E-state index is -4.58. The number of halogens is 5. The van der Waals surface area contributed by atoms with E-state index < -0.39 is 17.6 Å². The SMILES string of the molecule is Nn1c(SCC(=O)Nc2ncc(C(F)(F)F)cc2Cl)nnc1-c1ccc(Cl)cc1. The van der Waals surface area contributed by atoms with E-state index in [1.807, 2.05) is 0 Å². The molecule has 0 atom stereocenters. The Kier molecular flexibility index (Phi) is 6.20. The molecular weight excluding hydrogens is 452 g/mol. The van der Waals surface area contributed by atoms with Gasteiger partial charge in [-0.05, 0) is 30.3 Å². The number of nitrogens with zero attached hydrogens (tertiary/aromatic N) is 4. The number of rotatable bonds is 5. The van der Waals surface area contributed by atoms with Crippen LogP contribution in [0.3, 0.4) is 0 Å². The summed E-state index contributed by atoms with van der Waals surface area (Å²) in [6.45, 7) is 0. The average Bonchev–Trinajstić information content (AvgIpc) is 3.02. The first-order valence-electron chi connectivity index (χ1n) is 7.77. The predicted molar refractivity (Wildman–Crippen MR) is 104 cm³/mol. The second-order valence-corrected chi connectivity index (χ2v) is 7.36. The number of alkyl halides is 3. The van der Waals surface area contributed by atoms with Gasteiger partial charge < -0.3 is 11.2 Å². The third-order valence-electron chi connectivity index (χ3n) is 3.53. The number of carbonyl (C=O) groups excluding carboxylic acids is 1. The number of nitrogens with one attached hydrogen (secondary N) is 1. The summed E-state index contributed by atoms with van der Waals surface area (Å²) in [5.74, 6) is 5.45. The number of amides is 1. The molecule has 2 heterocycles. The second kappa shape index (κ2) is 8.47. The minimum Gasteiger partial charge on any atom is -0.335 e. The molecule has 0 saturated heterocycles. The number of aromatic nitrogens is 4. The molecule has 152 valence electrons. The van der Waals surface area contributed by atoms with Crippen LogP contribution in [-0.4, -0.2) is 31.5 Å². The Labute approximate surface area is 176 Å². The first-order valence-corrected chi connectivity index (χ1v) is 9.51. The normalized spacial score (nSPS) is 11.5. The first kappa shape index (κ1) is 21.2. The highest BCUT2D eigenvalue weighted by atomic mass is 35.5. The van der Waals surface area contributed by atoms with Gasteiger partial charge in [0.25, 0.3) is 0 Å². The van der Waals surface area contributed by atoms with Crippen LogP contribution in [0.1, 0.15) is 5.56 Å². The summed E-state index contributed by atoms with van der Waals surface area (Å²) in [7, 11) is 0. The number of nitrogens with two attached hydrogens (primary N) is 1. The highest BCUT2D eigenvalue weighted by Gasteiger charge is 2.31. The van der Waals surface area contributed by atoms with Gasteiger partial charge in [0.05, 0.1) is 16.3 Å². The highest BCUT2D eigenvalue weighted by Crippen LogP contribution is 2.32. The molecular formula is C16H11Cl2F3N6OS. The molecule has 3 rings (SSSR count). The molecule has 29 heavy (non-hydrogen) atoms. The van der Waals surface area contributed by atoms with Crippen molar-refractivity contribution in [2.24, 2.45) is 0 Å². The number of anilines is 1. The Morgan fingerprint density at radius 2 is 1.90 bits per heavy atom. The van der Waals surface area contributed by atoms with E-state index in [1.54, 1.807) is 24.3 Å². The summed E-state index contributed by atoms with van der Waals surface area (Å²) >= 11 is 12.6. The van der Waals surface area contributed by atoms with Crippen LogP contribution in [0.5, 0.6) is 0 Å². The quantitative estimate of drug-likeness (QED) is 0.437. The van der Waals surface area contributed by atoms with Crippen LogP contribution in [0, 0.1) is 0 Å². The third kappa shape index (κ3) is 5.11. The maximum Gasteiger partial charge on any atom is 0.417 e. The van der Waals surface area contributed by atoms with E-state index >= 15 is 0 Å². The Morgan fingerprint density at radius 3 is 2.52 bits per heavy atom. The maximum absolute atomic E-state index is 12.6. The van der Waals surface area contributed by atoms with Crippen LogP contribution < -0.4 is 11.2 Å². The van der Waals surface area contributed by atoms with Gasteiger partial charge in [-0.1, -0.05) is 35.0 Å². The molecule has 0 unspecified atom stereocenters. The van der Waals surface area contributed by atoms with Gasteiger partial charge in [-0.15, -0.1) is 10.2 Å². The lowest BCUT2D eigenvalue weighted by atomic mass is 10.2. The van der Waals surface area contributed by atoms with Crippen LogP contribution in [-0.2, 0) is 11.0 Å².